The first-order valence-corrected chi connectivity index (χ1v) is 14.5. The molecule has 0 N–H and O–H groups in total. The molecule has 0 amide bonds. The average Bonchev–Trinajstić information content (AvgIpc) is 2.84. The molecule has 0 atom stereocenters. The molecule has 0 heterocycles. The van der Waals surface area contributed by atoms with Gasteiger partial charge in [-0.25, -0.2) is 8.78 Å². The fraction of sp³-hybridized carbons (Fsp3) is 0.742. The van der Waals surface area contributed by atoms with Crippen LogP contribution in [-0.4, -0.2) is 0 Å². The van der Waals surface area contributed by atoms with E-state index in [2.05, 4.69) is 19.1 Å². The van der Waals surface area contributed by atoms with Gasteiger partial charge in [0, 0.05) is 0 Å². The summed E-state index contributed by atoms with van der Waals surface area (Å²) in [5.74, 6) is -1.06. The van der Waals surface area contributed by atoms with Crippen molar-refractivity contribution in [2.75, 3.05) is 0 Å². The highest BCUT2D eigenvalue weighted by molar-refractivity contribution is 5.31. The quantitative estimate of drug-likeness (QED) is 0.148. The summed E-state index contributed by atoms with van der Waals surface area (Å²) in [7, 11) is 0. The minimum absolute atomic E-state index is 0.0762. The maximum Gasteiger partial charge on any atom is 0.422 e. The Morgan fingerprint density at radius 2 is 1.17 bits per heavy atom. The van der Waals surface area contributed by atoms with Crippen LogP contribution in [0.5, 0.6) is 0 Å². The van der Waals surface area contributed by atoms with Gasteiger partial charge in [0.05, 0.1) is 0 Å². The van der Waals surface area contributed by atoms with Gasteiger partial charge in [-0.05, 0) is 92.7 Å². The molecule has 1 aromatic rings. The van der Waals surface area contributed by atoms with Crippen LogP contribution in [0.3, 0.4) is 0 Å². The summed E-state index contributed by atoms with van der Waals surface area (Å²) in [5.41, 5.74) is -1.43. The van der Waals surface area contributed by atoms with E-state index in [1.807, 2.05) is 0 Å². The molecule has 5 heteroatoms. The van der Waals surface area contributed by atoms with Gasteiger partial charge in [0.15, 0.2) is 0 Å². The van der Waals surface area contributed by atoms with E-state index in [0.29, 0.717) is 17.4 Å². The molecular formula is C31H45F5. The average molecular weight is 513 g/mol. The van der Waals surface area contributed by atoms with E-state index in [1.165, 1.54) is 83.5 Å². The minimum atomic E-state index is -5.01. The molecule has 0 unspecified atom stereocenters. The van der Waals surface area contributed by atoms with Gasteiger partial charge in [0.1, 0.15) is 17.2 Å². The van der Waals surface area contributed by atoms with E-state index in [0.717, 1.165) is 43.7 Å². The molecule has 1 aromatic carbocycles. The van der Waals surface area contributed by atoms with E-state index in [4.69, 9.17) is 0 Å². The highest BCUT2D eigenvalue weighted by Crippen LogP contribution is 2.40. The number of hydrogen-bond acceptors (Lipinski definition) is 0. The smallest absolute Gasteiger partial charge is 0.206 e. The van der Waals surface area contributed by atoms with E-state index in [1.54, 1.807) is 0 Å². The van der Waals surface area contributed by atoms with Crippen molar-refractivity contribution < 1.29 is 22.0 Å². The van der Waals surface area contributed by atoms with Crippen molar-refractivity contribution in [3.63, 3.8) is 0 Å². The second-order valence-corrected chi connectivity index (χ2v) is 11.4. The third-order valence-electron chi connectivity index (χ3n) is 8.60. The second kappa shape index (κ2) is 14.5. The number of hydrogen-bond donors (Lipinski definition) is 0. The summed E-state index contributed by atoms with van der Waals surface area (Å²) in [4.78, 5) is 0. The first kappa shape index (κ1) is 29.2. The maximum atomic E-state index is 14.0. The van der Waals surface area contributed by atoms with E-state index in [9.17, 15) is 22.0 Å². The maximum absolute atomic E-state index is 14.0. The second-order valence-electron chi connectivity index (χ2n) is 11.4. The molecular weight excluding hydrogens is 467 g/mol. The van der Waals surface area contributed by atoms with E-state index in [-0.39, 0.29) is 5.92 Å². The third kappa shape index (κ3) is 9.17. The van der Waals surface area contributed by atoms with Crippen LogP contribution in [0.15, 0.2) is 24.3 Å². The first-order valence-electron chi connectivity index (χ1n) is 14.5. The number of rotatable bonds is 12. The van der Waals surface area contributed by atoms with Gasteiger partial charge in [-0.15, -0.1) is 0 Å². The SMILES string of the molecule is CCCCCCCCCC[C@H]1CC[C@H](C=C[C@H]2CC[C@H](c3cc(F)c(C(F)(F)F)c(F)c3)CC2)CC1. The van der Waals surface area contributed by atoms with Crippen molar-refractivity contribution in [1.82, 2.24) is 0 Å². The molecule has 3 rings (SSSR count). The summed E-state index contributed by atoms with van der Waals surface area (Å²) in [6, 6.07) is 1.78. The Labute approximate surface area is 215 Å². The molecule has 2 saturated carbocycles. The molecule has 2 aliphatic rings. The molecule has 0 aromatic heterocycles. The predicted molar refractivity (Wildman–Crippen MR) is 138 cm³/mol. The molecule has 0 bridgehead atoms. The van der Waals surface area contributed by atoms with Gasteiger partial charge in [0.25, 0.3) is 0 Å². The number of unbranched alkanes of at least 4 members (excludes halogenated alkanes) is 7. The molecule has 0 spiro atoms. The predicted octanol–water partition coefficient (Wildman–Crippen LogP) is 11.2. The van der Waals surface area contributed by atoms with Gasteiger partial charge < -0.3 is 0 Å². The fourth-order valence-electron chi connectivity index (χ4n) is 6.29. The first-order chi connectivity index (χ1) is 17.3. The van der Waals surface area contributed by atoms with Crippen LogP contribution in [0, 0.1) is 29.4 Å². The Morgan fingerprint density at radius 3 is 1.67 bits per heavy atom. The number of allylic oxidation sites excluding steroid dienone is 2. The van der Waals surface area contributed by atoms with Gasteiger partial charge in [-0.2, -0.15) is 13.2 Å². The number of halogens is 5. The largest absolute Gasteiger partial charge is 0.422 e. The van der Waals surface area contributed by atoms with Crippen molar-refractivity contribution in [3.8, 4) is 0 Å². The molecule has 2 fully saturated rings. The highest BCUT2D eigenvalue weighted by Gasteiger charge is 2.38. The van der Waals surface area contributed by atoms with Crippen molar-refractivity contribution in [1.29, 1.82) is 0 Å². The van der Waals surface area contributed by atoms with Gasteiger partial charge in [-0.1, -0.05) is 76.9 Å². The van der Waals surface area contributed by atoms with Gasteiger partial charge in [0.2, 0.25) is 0 Å². The monoisotopic (exact) mass is 512 g/mol. The molecule has 0 radical (unpaired) electrons. The van der Waals surface area contributed by atoms with Crippen molar-refractivity contribution >= 4 is 0 Å². The van der Waals surface area contributed by atoms with E-state index >= 15 is 0 Å². The lowest BCUT2D eigenvalue weighted by molar-refractivity contribution is -0.142. The van der Waals surface area contributed by atoms with Crippen LogP contribution in [0.4, 0.5) is 22.0 Å². The summed E-state index contributed by atoms with van der Waals surface area (Å²) in [6.07, 6.45) is 20.7. The Morgan fingerprint density at radius 1 is 0.694 bits per heavy atom. The third-order valence-corrected chi connectivity index (χ3v) is 8.60. The summed E-state index contributed by atoms with van der Waals surface area (Å²) < 4.78 is 66.5. The molecule has 0 saturated heterocycles. The normalized spacial score (nSPS) is 25.5. The summed E-state index contributed by atoms with van der Waals surface area (Å²) in [5, 5.41) is 0. The zero-order chi connectivity index (χ0) is 26.0. The Bertz CT molecular complexity index is 773. The molecule has 204 valence electrons. The Hall–Kier alpha value is -1.39. The van der Waals surface area contributed by atoms with Crippen molar-refractivity contribution in [2.45, 2.75) is 128 Å². The Balaban J connectivity index is 1.32. The number of alkyl halides is 3. The van der Waals surface area contributed by atoms with Crippen LogP contribution < -0.4 is 0 Å². The van der Waals surface area contributed by atoms with Crippen molar-refractivity contribution in [3.05, 3.63) is 47.0 Å². The van der Waals surface area contributed by atoms with Crippen LogP contribution >= 0.6 is 0 Å². The van der Waals surface area contributed by atoms with Gasteiger partial charge in [-0.3, -0.25) is 0 Å². The van der Waals surface area contributed by atoms with Crippen molar-refractivity contribution in [2.24, 2.45) is 17.8 Å². The fourth-order valence-corrected chi connectivity index (χ4v) is 6.29. The lowest BCUT2D eigenvalue weighted by Gasteiger charge is -2.29. The Kier molecular flexibility index (Phi) is 11.8. The lowest BCUT2D eigenvalue weighted by atomic mass is 9.76. The zero-order valence-electron chi connectivity index (χ0n) is 22.0. The van der Waals surface area contributed by atoms with Crippen LogP contribution in [0.2, 0.25) is 0 Å². The minimum Gasteiger partial charge on any atom is -0.206 e. The number of benzene rings is 1. The van der Waals surface area contributed by atoms with Crippen LogP contribution in [0.1, 0.15) is 133 Å². The highest BCUT2D eigenvalue weighted by atomic mass is 19.4. The summed E-state index contributed by atoms with van der Waals surface area (Å²) >= 11 is 0. The van der Waals surface area contributed by atoms with Gasteiger partial charge >= 0.3 is 6.18 Å². The van der Waals surface area contributed by atoms with Crippen LogP contribution in [0.25, 0.3) is 0 Å². The standard InChI is InChI=1S/C31H45F5/c1-2-3-4-5-6-7-8-9-10-23-11-13-24(14-12-23)15-16-25-17-19-26(20-18-25)27-21-28(32)30(29(33)22-27)31(34,35)36/h15-16,21-26H,2-14,17-20H2,1H3/t23-,24-,25-,26-. The summed E-state index contributed by atoms with van der Waals surface area (Å²) in [6.45, 7) is 2.26. The molecule has 36 heavy (non-hydrogen) atoms. The molecule has 0 aliphatic heterocycles. The zero-order valence-corrected chi connectivity index (χ0v) is 22.0. The molecule has 0 nitrogen and oxygen atoms in total. The topological polar surface area (TPSA) is 0 Å². The van der Waals surface area contributed by atoms with Crippen LogP contribution in [-0.2, 0) is 6.18 Å². The molecule has 2 aliphatic carbocycles. The van der Waals surface area contributed by atoms with E-state index < -0.39 is 23.4 Å². The lowest BCUT2D eigenvalue weighted by Crippen LogP contribution is -2.16.